The summed E-state index contributed by atoms with van der Waals surface area (Å²) in [6.45, 7) is -0.410. The molecular weight excluding hydrogens is 262 g/mol. The zero-order chi connectivity index (χ0) is 14.0. The largest absolute Gasteiger partial charge is 0.416 e. The van der Waals surface area contributed by atoms with Crippen molar-refractivity contribution in [3.05, 3.63) is 53.5 Å². The number of nitrogens with zero attached hydrogens (tertiary/aromatic N) is 1. The van der Waals surface area contributed by atoms with Gasteiger partial charge in [0.15, 0.2) is 0 Å². The molecule has 0 aliphatic rings. The van der Waals surface area contributed by atoms with Gasteiger partial charge in [0.1, 0.15) is 11.5 Å². The molecule has 0 aliphatic carbocycles. The van der Waals surface area contributed by atoms with E-state index in [-0.39, 0.29) is 17.0 Å². The third-order valence-electron chi connectivity index (χ3n) is 2.53. The zero-order valence-corrected chi connectivity index (χ0v) is 9.58. The minimum absolute atomic E-state index is 0.0163. The molecule has 0 fully saturated rings. The highest BCUT2D eigenvalue weighted by Gasteiger charge is 2.30. The number of pyridine rings is 1. The van der Waals surface area contributed by atoms with E-state index in [9.17, 15) is 17.6 Å². The molecule has 2 nitrogen and oxygen atoms in total. The fraction of sp³-hybridized carbons (Fsp3) is 0.154. The number of alkyl halides is 3. The predicted octanol–water partition coefficient (Wildman–Crippen LogP) is 3.40. The van der Waals surface area contributed by atoms with Crippen LogP contribution in [0.5, 0.6) is 0 Å². The third kappa shape index (κ3) is 2.90. The summed E-state index contributed by atoms with van der Waals surface area (Å²) in [5.41, 5.74) is -0.880. The quantitative estimate of drug-likeness (QED) is 0.849. The maximum atomic E-state index is 13.6. The molecule has 0 atom stereocenters. The van der Waals surface area contributed by atoms with Gasteiger partial charge in [-0.3, -0.25) is 0 Å². The van der Waals surface area contributed by atoms with Crippen LogP contribution in [-0.2, 0) is 12.8 Å². The van der Waals surface area contributed by atoms with Crippen LogP contribution < -0.4 is 0 Å². The van der Waals surface area contributed by atoms with E-state index in [1.165, 1.54) is 18.2 Å². The Kier molecular flexibility index (Phi) is 3.53. The van der Waals surface area contributed by atoms with Crippen molar-refractivity contribution in [3.63, 3.8) is 0 Å². The summed E-state index contributed by atoms with van der Waals surface area (Å²) < 4.78 is 51.3. The van der Waals surface area contributed by atoms with Gasteiger partial charge >= 0.3 is 6.18 Å². The van der Waals surface area contributed by atoms with Gasteiger partial charge in [-0.05, 0) is 24.3 Å². The Morgan fingerprint density at radius 3 is 2.47 bits per heavy atom. The van der Waals surface area contributed by atoms with Gasteiger partial charge in [-0.25, -0.2) is 9.37 Å². The Labute approximate surface area is 106 Å². The third-order valence-corrected chi connectivity index (χ3v) is 2.53. The van der Waals surface area contributed by atoms with Crippen molar-refractivity contribution >= 4 is 0 Å². The molecule has 1 aromatic carbocycles. The summed E-state index contributed by atoms with van der Waals surface area (Å²) in [7, 11) is 0. The molecule has 0 aliphatic heterocycles. The molecule has 2 rings (SSSR count). The van der Waals surface area contributed by atoms with Gasteiger partial charge in [0, 0.05) is 5.56 Å². The van der Waals surface area contributed by atoms with E-state index in [1.807, 2.05) is 0 Å². The predicted molar refractivity (Wildman–Crippen MR) is 60.6 cm³/mol. The molecule has 6 heteroatoms. The van der Waals surface area contributed by atoms with Crippen LogP contribution in [0.2, 0.25) is 0 Å². The van der Waals surface area contributed by atoms with Crippen LogP contribution >= 0.6 is 0 Å². The zero-order valence-electron chi connectivity index (χ0n) is 9.58. The summed E-state index contributed by atoms with van der Waals surface area (Å²) in [6, 6.07) is 6.58. The molecule has 0 spiro atoms. The molecule has 19 heavy (non-hydrogen) atoms. The van der Waals surface area contributed by atoms with Crippen LogP contribution in [0.15, 0.2) is 36.4 Å². The Morgan fingerprint density at radius 1 is 1.11 bits per heavy atom. The molecule has 0 unspecified atom stereocenters. The molecule has 0 bridgehead atoms. The lowest BCUT2D eigenvalue weighted by Crippen LogP contribution is -2.05. The van der Waals surface area contributed by atoms with Crippen molar-refractivity contribution < 1.29 is 22.7 Å². The first-order valence-electron chi connectivity index (χ1n) is 5.35. The normalized spacial score (nSPS) is 11.6. The van der Waals surface area contributed by atoms with Crippen LogP contribution in [0.1, 0.15) is 11.3 Å². The molecular formula is C13H9F4NO. The molecule has 1 aromatic heterocycles. The lowest BCUT2D eigenvalue weighted by atomic mass is 10.1. The first-order valence-corrected chi connectivity index (χ1v) is 5.35. The second kappa shape index (κ2) is 4.97. The second-order valence-corrected chi connectivity index (χ2v) is 3.87. The summed E-state index contributed by atoms with van der Waals surface area (Å²) in [4.78, 5) is 3.79. The van der Waals surface area contributed by atoms with Gasteiger partial charge in [0.2, 0.25) is 0 Å². The van der Waals surface area contributed by atoms with Crippen LogP contribution in [-0.4, -0.2) is 10.1 Å². The average Bonchev–Trinajstić information content (AvgIpc) is 2.38. The molecule has 1 N–H and O–H groups in total. The second-order valence-electron chi connectivity index (χ2n) is 3.87. The Bertz CT molecular complexity index is 595. The van der Waals surface area contributed by atoms with Crippen molar-refractivity contribution in [1.29, 1.82) is 0 Å². The minimum Gasteiger partial charge on any atom is -0.390 e. The molecule has 100 valence electrons. The smallest absolute Gasteiger partial charge is 0.390 e. The van der Waals surface area contributed by atoms with Gasteiger partial charge in [-0.1, -0.05) is 12.1 Å². The van der Waals surface area contributed by atoms with E-state index < -0.39 is 24.2 Å². The van der Waals surface area contributed by atoms with E-state index >= 15 is 0 Å². The van der Waals surface area contributed by atoms with Crippen LogP contribution in [0.3, 0.4) is 0 Å². The van der Waals surface area contributed by atoms with Gasteiger partial charge in [0.25, 0.3) is 0 Å². The number of aliphatic hydroxyl groups excluding tert-OH is 1. The molecule has 2 aromatic rings. The number of halogens is 4. The van der Waals surface area contributed by atoms with Gasteiger partial charge < -0.3 is 5.11 Å². The van der Waals surface area contributed by atoms with E-state index in [1.54, 1.807) is 0 Å². The highest BCUT2D eigenvalue weighted by atomic mass is 19.4. The maximum absolute atomic E-state index is 13.6. The standard InChI is InChI=1S/C13H9F4NO/c14-11-5-4-10(7-19)18-12(11)8-2-1-3-9(6-8)13(15,16)17/h1-6,19H,7H2. The monoisotopic (exact) mass is 271 g/mol. The Morgan fingerprint density at radius 2 is 1.84 bits per heavy atom. The lowest BCUT2D eigenvalue weighted by molar-refractivity contribution is -0.137. The van der Waals surface area contributed by atoms with Crippen molar-refractivity contribution in [3.8, 4) is 11.3 Å². The van der Waals surface area contributed by atoms with Crippen molar-refractivity contribution in [2.45, 2.75) is 12.8 Å². The number of hydrogen-bond acceptors (Lipinski definition) is 2. The van der Waals surface area contributed by atoms with Crippen molar-refractivity contribution in [1.82, 2.24) is 4.98 Å². The van der Waals surface area contributed by atoms with Crippen LogP contribution in [0.4, 0.5) is 17.6 Å². The Hall–Kier alpha value is -1.95. The van der Waals surface area contributed by atoms with E-state index in [4.69, 9.17) is 5.11 Å². The number of rotatable bonds is 2. The first kappa shape index (κ1) is 13.5. The summed E-state index contributed by atoms with van der Waals surface area (Å²) in [5, 5.41) is 8.92. The number of benzene rings is 1. The molecule has 1 heterocycles. The summed E-state index contributed by atoms with van der Waals surface area (Å²) >= 11 is 0. The molecule has 0 saturated heterocycles. The summed E-state index contributed by atoms with van der Waals surface area (Å²) in [5.74, 6) is -0.739. The first-order chi connectivity index (χ1) is 8.91. The van der Waals surface area contributed by atoms with Crippen LogP contribution in [0.25, 0.3) is 11.3 Å². The van der Waals surface area contributed by atoms with Crippen LogP contribution in [0, 0.1) is 5.82 Å². The van der Waals surface area contributed by atoms with E-state index in [0.29, 0.717) is 0 Å². The number of hydrogen-bond donors (Lipinski definition) is 1. The minimum atomic E-state index is -4.50. The maximum Gasteiger partial charge on any atom is 0.416 e. The number of aliphatic hydroxyl groups is 1. The molecule has 0 amide bonds. The van der Waals surface area contributed by atoms with Gasteiger partial charge in [0.05, 0.1) is 17.9 Å². The average molecular weight is 271 g/mol. The Balaban J connectivity index is 2.53. The fourth-order valence-electron chi connectivity index (χ4n) is 1.62. The number of aromatic nitrogens is 1. The molecule has 0 radical (unpaired) electrons. The topological polar surface area (TPSA) is 33.1 Å². The van der Waals surface area contributed by atoms with E-state index in [2.05, 4.69) is 4.98 Å². The highest BCUT2D eigenvalue weighted by Crippen LogP contribution is 2.32. The molecule has 0 saturated carbocycles. The van der Waals surface area contributed by atoms with Gasteiger partial charge in [-0.15, -0.1) is 0 Å². The highest BCUT2D eigenvalue weighted by molar-refractivity contribution is 5.61. The SMILES string of the molecule is OCc1ccc(F)c(-c2cccc(C(F)(F)F)c2)n1. The van der Waals surface area contributed by atoms with Gasteiger partial charge in [-0.2, -0.15) is 13.2 Å². The lowest BCUT2D eigenvalue weighted by Gasteiger charge is -2.09. The van der Waals surface area contributed by atoms with E-state index in [0.717, 1.165) is 18.2 Å². The van der Waals surface area contributed by atoms with Crippen molar-refractivity contribution in [2.75, 3.05) is 0 Å². The van der Waals surface area contributed by atoms with Crippen molar-refractivity contribution in [2.24, 2.45) is 0 Å². The fourth-order valence-corrected chi connectivity index (χ4v) is 1.62. The summed E-state index contributed by atoms with van der Waals surface area (Å²) in [6.07, 6.45) is -4.50.